The van der Waals surface area contributed by atoms with Crippen molar-refractivity contribution < 1.29 is 0 Å². The van der Waals surface area contributed by atoms with Crippen LogP contribution in [-0.2, 0) is 0 Å². The van der Waals surface area contributed by atoms with Crippen molar-refractivity contribution in [2.45, 2.75) is 0 Å². The third-order valence-corrected chi connectivity index (χ3v) is 9.45. The Morgan fingerprint density at radius 1 is 0.217 bits per heavy atom. The molecule has 0 spiro atoms. The van der Waals surface area contributed by atoms with Crippen LogP contribution in [0.1, 0.15) is 0 Å². The van der Waals surface area contributed by atoms with Crippen molar-refractivity contribution >= 4 is 43.1 Å². The second-order valence-corrected chi connectivity index (χ2v) is 12.1. The van der Waals surface area contributed by atoms with E-state index in [1.54, 1.807) is 0 Å². The van der Waals surface area contributed by atoms with E-state index in [9.17, 15) is 0 Å². The first-order valence-electron chi connectivity index (χ1n) is 15.9. The Morgan fingerprint density at radius 2 is 0.674 bits per heavy atom. The topological polar surface area (TPSA) is 0 Å². The van der Waals surface area contributed by atoms with E-state index in [4.69, 9.17) is 0 Å². The van der Waals surface area contributed by atoms with Gasteiger partial charge in [0.05, 0.1) is 0 Å². The predicted octanol–water partition coefficient (Wildman–Crippen LogP) is 13.0. The lowest BCUT2D eigenvalue weighted by Crippen LogP contribution is -1.92. The zero-order chi connectivity index (χ0) is 30.5. The lowest BCUT2D eigenvalue weighted by molar-refractivity contribution is 1.64. The Bertz CT molecular complexity index is 2500. The molecule has 9 aromatic carbocycles. The molecule has 0 atom stereocenters. The Labute approximate surface area is 268 Å². The molecule has 0 N–H and O–H groups in total. The van der Waals surface area contributed by atoms with Gasteiger partial charge in [-0.25, -0.2) is 0 Å². The van der Waals surface area contributed by atoms with Crippen LogP contribution in [0.15, 0.2) is 182 Å². The summed E-state index contributed by atoms with van der Waals surface area (Å²) in [7, 11) is 0. The Balaban J connectivity index is 1.34. The average Bonchev–Trinajstić information content (AvgIpc) is 3.14. The molecule has 46 heavy (non-hydrogen) atoms. The molecular formula is C46H30. The monoisotopic (exact) mass is 582 g/mol. The summed E-state index contributed by atoms with van der Waals surface area (Å²) < 4.78 is 0. The molecule has 0 heteroatoms. The van der Waals surface area contributed by atoms with Gasteiger partial charge in [0.1, 0.15) is 0 Å². The van der Waals surface area contributed by atoms with Crippen LogP contribution in [0.2, 0.25) is 0 Å². The molecule has 0 fully saturated rings. The Morgan fingerprint density at radius 3 is 1.24 bits per heavy atom. The van der Waals surface area contributed by atoms with Crippen molar-refractivity contribution in [1.82, 2.24) is 0 Å². The number of rotatable bonds is 4. The molecule has 0 heterocycles. The van der Waals surface area contributed by atoms with E-state index < -0.39 is 0 Å². The van der Waals surface area contributed by atoms with Gasteiger partial charge in [-0.3, -0.25) is 0 Å². The maximum atomic E-state index is 2.37. The fourth-order valence-corrected chi connectivity index (χ4v) is 7.32. The fraction of sp³-hybridized carbons (Fsp3) is 0. The molecule has 0 aromatic heterocycles. The van der Waals surface area contributed by atoms with Gasteiger partial charge in [-0.1, -0.05) is 170 Å². The van der Waals surface area contributed by atoms with Crippen LogP contribution < -0.4 is 0 Å². The molecule has 0 radical (unpaired) electrons. The van der Waals surface area contributed by atoms with Gasteiger partial charge in [-0.05, 0) is 99.7 Å². The van der Waals surface area contributed by atoms with E-state index in [1.165, 1.54) is 87.6 Å². The second-order valence-electron chi connectivity index (χ2n) is 12.1. The molecular weight excluding hydrogens is 553 g/mol. The molecule has 0 aliphatic carbocycles. The SMILES string of the molecule is c1ccc(-c2ccc3c(-c4c5ccccc5c(-c5cccc6ccc(-c7ccccc7)cc56)c5ccccc45)cccc3c2)cc1. The van der Waals surface area contributed by atoms with Gasteiger partial charge in [0.15, 0.2) is 0 Å². The predicted molar refractivity (Wildman–Crippen MR) is 198 cm³/mol. The molecule has 0 aliphatic rings. The van der Waals surface area contributed by atoms with Crippen molar-refractivity contribution in [2.75, 3.05) is 0 Å². The largest absolute Gasteiger partial charge is 0.0622 e. The van der Waals surface area contributed by atoms with Gasteiger partial charge in [-0.15, -0.1) is 0 Å². The number of hydrogen-bond acceptors (Lipinski definition) is 0. The molecule has 0 bridgehead atoms. The van der Waals surface area contributed by atoms with E-state index in [0.29, 0.717) is 0 Å². The highest BCUT2D eigenvalue weighted by Gasteiger charge is 2.19. The van der Waals surface area contributed by atoms with Crippen molar-refractivity contribution in [2.24, 2.45) is 0 Å². The van der Waals surface area contributed by atoms with Gasteiger partial charge < -0.3 is 0 Å². The highest BCUT2D eigenvalue weighted by molar-refractivity contribution is 6.25. The minimum atomic E-state index is 1.23. The first kappa shape index (κ1) is 26.4. The summed E-state index contributed by atoms with van der Waals surface area (Å²) in [6.07, 6.45) is 0. The van der Waals surface area contributed by atoms with Gasteiger partial charge in [-0.2, -0.15) is 0 Å². The first-order valence-corrected chi connectivity index (χ1v) is 15.9. The van der Waals surface area contributed by atoms with Gasteiger partial charge in [0, 0.05) is 0 Å². The summed E-state index contributed by atoms with van der Waals surface area (Å²) in [4.78, 5) is 0. The Hall–Kier alpha value is -5.98. The van der Waals surface area contributed by atoms with Crippen LogP contribution in [0, 0.1) is 0 Å². The van der Waals surface area contributed by atoms with Crippen molar-refractivity contribution in [1.29, 1.82) is 0 Å². The lowest BCUT2D eigenvalue weighted by atomic mass is 9.83. The zero-order valence-electron chi connectivity index (χ0n) is 25.3. The quantitative estimate of drug-likeness (QED) is 0.181. The van der Waals surface area contributed by atoms with Gasteiger partial charge >= 0.3 is 0 Å². The highest BCUT2D eigenvalue weighted by Crippen LogP contribution is 2.47. The summed E-state index contributed by atoms with van der Waals surface area (Å²) in [5.41, 5.74) is 10.0. The van der Waals surface area contributed by atoms with E-state index in [1.807, 2.05) is 0 Å². The molecule has 0 unspecified atom stereocenters. The van der Waals surface area contributed by atoms with Crippen LogP contribution in [0.5, 0.6) is 0 Å². The molecule has 9 aromatic rings. The molecule has 0 aliphatic heterocycles. The molecule has 0 saturated carbocycles. The molecule has 214 valence electrons. The summed E-state index contributed by atoms with van der Waals surface area (Å²) in [5.74, 6) is 0. The highest BCUT2D eigenvalue weighted by atomic mass is 14.2. The summed E-state index contributed by atoms with van der Waals surface area (Å²) in [6.45, 7) is 0. The average molecular weight is 583 g/mol. The van der Waals surface area contributed by atoms with E-state index in [0.717, 1.165) is 0 Å². The summed E-state index contributed by atoms with van der Waals surface area (Å²) in [5, 5.41) is 10.1. The van der Waals surface area contributed by atoms with Crippen LogP contribution in [0.25, 0.3) is 87.6 Å². The number of hydrogen-bond donors (Lipinski definition) is 0. The maximum Gasteiger partial charge on any atom is -0.00201 e. The van der Waals surface area contributed by atoms with Gasteiger partial charge in [0.2, 0.25) is 0 Å². The Kier molecular flexibility index (Phi) is 6.25. The smallest absolute Gasteiger partial charge is 0.00201 e. The van der Waals surface area contributed by atoms with Crippen LogP contribution >= 0.6 is 0 Å². The third-order valence-electron chi connectivity index (χ3n) is 9.45. The normalized spacial score (nSPS) is 11.5. The first-order chi connectivity index (χ1) is 22.8. The van der Waals surface area contributed by atoms with Crippen LogP contribution in [0.3, 0.4) is 0 Å². The van der Waals surface area contributed by atoms with E-state index >= 15 is 0 Å². The lowest BCUT2D eigenvalue weighted by Gasteiger charge is -2.20. The summed E-state index contributed by atoms with van der Waals surface area (Å²) >= 11 is 0. The number of benzene rings is 9. The van der Waals surface area contributed by atoms with E-state index in [2.05, 4.69) is 182 Å². The van der Waals surface area contributed by atoms with Crippen molar-refractivity contribution in [3.63, 3.8) is 0 Å². The minimum Gasteiger partial charge on any atom is -0.0622 e. The maximum absolute atomic E-state index is 2.37. The third kappa shape index (κ3) is 4.30. The molecule has 0 amide bonds. The van der Waals surface area contributed by atoms with Crippen LogP contribution in [-0.4, -0.2) is 0 Å². The standard InChI is InChI=1S/C46H30/c1-3-13-31(14-4-1)34-27-28-37-36(29-34)18-12-23-38(37)45-39-19-7-9-21-41(39)46(42-22-10-8-20-40(42)45)43-24-11-17-33-25-26-35(30-44(33)43)32-15-5-2-6-16-32/h1-30H. The molecule has 0 saturated heterocycles. The van der Waals surface area contributed by atoms with Crippen LogP contribution in [0.4, 0.5) is 0 Å². The second kappa shape index (κ2) is 10.9. The van der Waals surface area contributed by atoms with E-state index in [-0.39, 0.29) is 0 Å². The minimum absolute atomic E-state index is 1.23. The number of fused-ring (bicyclic) bond motifs is 4. The van der Waals surface area contributed by atoms with Gasteiger partial charge in [0.25, 0.3) is 0 Å². The van der Waals surface area contributed by atoms with Crippen molar-refractivity contribution in [3.8, 4) is 44.5 Å². The fourth-order valence-electron chi connectivity index (χ4n) is 7.32. The molecule has 0 nitrogen and oxygen atoms in total. The zero-order valence-corrected chi connectivity index (χ0v) is 25.3. The summed E-state index contributed by atoms with van der Waals surface area (Å²) in [6, 6.07) is 66.5. The molecule has 9 rings (SSSR count). The van der Waals surface area contributed by atoms with Crippen molar-refractivity contribution in [3.05, 3.63) is 182 Å².